The summed E-state index contributed by atoms with van der Waals surface area (Å²) in [4.78, 5) is 0. The van der Waals surface area contributed by atoms with E-state index in [1.807, 2.05) is 0 Å². The van der Waals surface area contributed by atoms with Crippen LogP contribution in [0.2, 0.25) is 0 Å². The molecule has 0 radical (unpaired) electrons. The van der Waals surface area contributed by atoms with Crippen LogP contribution in [0.4, 0.5) is 0 Å². The average Bonchev–Trinajstić information content (AvgIpc) is 2.69. The summed E-state index contributed by atoms with van der Waals surface area (Å²) in [5.74, 6) is 0.635. The Morgan fingerprint density at radius 2 is 2.10 bits per heavy atom. The highest BCUT2D eigenvalue weighted by Gasteiger charge is 2.26. The van der Waals surface area contributed by atoms with Gasteiger partial charge in [-0.1, -0.05) is 31.2 Å². The van der Waals surface area contributed by atoms with Crippen LogP contribution in [0.3, 0.4) is 0 Å². The van der Waals surface area contributed by atoms with E-state index in [4.69, 9.17) is 5.10 Å². The number of fused-ring (bicyclic) bond motifs is 1. The van der Waals surface area contributed by atoms with E-state index in [0.717, 1.165) is 25.3 Å². The molecule has 1 aliphatic rings. The minimum atomic E-state index is 0.635. The lowest BCUT2D eigenvalue weighted by Crippen LogP contribution is -2.23. The van der Waals surface area contributed by atoms with Crippen LogP contribution >= 0.6 is 0 Å². The van der Waals surface area contributed by atoms with E-state index in [1.54, 1.807) is 0 Å². The van der Waals surface area contributed by atoms with Gasteiger partial charge in [-0.15, -0.1) is 0 Å². The minimum Gasteiger partial charge on any atom is -0.313 e. The van der Waals surface area contributed by atoms with Crippen molar-refractivity contribution in [2.45, 2.75) is 46.2 Å². The molecule has 0 fully saturated rings. The summed E-state index contributed by atoms with van der Waals surface area (Å²) >= 11 is 0. The second-order valence-corrected chi connectivity index (χ2v) is 5.71. The molecule has 1 heterocycles. The fourth-order valence-corrected chi connectivity index (χ4v) is 3.15. The van der Waals surface area contributed by atoms with E-state index in [1.165, 1.54) is 28.8 Å². The van der Waals surface area contributed by atoms with Gasteiger partial charge in [0.1, 0.15) is 0 Å². The molecule has 0 spiro atoms. The molecule has 0 saturated carbocycles. The summed E-state index contributed by atoms with van der Waals surface area (Å²) in [6, 6.07) is 8.77. The van der Waals surface area contributed by atoms with E-state index < -0.39 is 0 Å². The summed E-state index contributed by atoms with van der Waals surface area (Å²) < 4.78 is 2.20. The van der Waals surface area contributed by atoms with Gasteiger partial charge >= 0.3 is 0 Å². The Hall–Kier alpha value is -1.61. The van der Waals surface area contributed by atoms with Crippen molar-refractivity contribution in [1.82, 2.24) is 15.1 Å². The molecule has 2 aromatic rings. The number of hydrogen-bond donors (Lipinski definition) is 1. The number of hydrogen-bond acceptors (Lipinski definition) is 2. The highest BCUT2D eigenvalue weighted by Crippen LogP contribution is 2.36. The Kier molecular flexibility index (Phi) is 3.62. The highest BCUT2D eigenvalue weighted by molar-refractivity contribution is 5.40. The van der Waals surface area contributed by atoms with Crippen LogP contribution in [-0.2, 0) is 19.5 Å². The Balaban J connectivity index is 1.76. The van der Waals surface area contributed by atoms with Crippen molar-refractivity contribution in [2.24, 2.45) is 0 Å². The second kappa shape index (κ2) is 5.41. The van der Waals surface area contributed by atoms with Gasteiger partial charge in [0, 0.05) is 30.3 Å². The maximum atomic E-state index is 4.73. The third kappa shape index (κ3) is 2.27. The lowest BCUT2D eigenvalue weighted by molar-refractivity contribution is 0.465. The first-order valence-corrected chi connectivity index (χ1v) is 7.52. The zero-order valence-corrected chi connectivity index (χ0v) is 12.6. The smallest absolute Gasteiger partial charge is 0.0641 e. The number of nitrogens with zero attached hydrogens (tertiary/aromatic N) is 2. The fraction of sp³-hybridized carbons (Fsp3) is 0.471. The first-order chi connectivity index (χ1) is 9.70. The monoisotopic (exact) mass is 269 g/mol. The molecule has 1 N–H and O–H groups in total. The molecule has 1 aromatic carbocycles. The number of benzene rings is 1. The zero-order chi connectivity index (χ0) is 14.1. The molecule has 1 aromatic heterocycles. The number of rotatable bonds is 5. The molecule has 106 valence electrons. The molecule has 3 heteroatoms. The number of nitrogens with one attached hydrogen (secondary N) is 1. The van der Waals surface area contributed by atoms with Gasteiger partial charge in [0.15, 0.2) is 0 Å². The van der Waals surface area contributed by atoms with Crippen molar-refractivity contribution < 1.29 is 0 Å². The molecule has 1 aliphatic carbocycles. The molecule has 3 nitrogen and oxygen atoms in total. The van der Waals surface area contributed by atoms with Crippen molar-refractivity contribution in [2.75, 3.05) is 6.54 Å². The molecule has 0 aliphatic heterocycles. The number of aryl methyl sites for hydroxylation is 1. The molecule has 1 unspecified atom stereocenters. The fourth-order valence-electron chi connectivity index (χ4n) is 3.15. The van der Waals surface area contributed by atoms with Crippen LogP contribution in [0, 0.1) is 13.8 Å². The van der Waals surface area contributed by atoms with Crippen LogP contribution < -0.4 is 5.32 Å². The molecular formula is C17H23N3. The van der Waals surface area contributed by atoms with Crippen LogP contribution in [0.25, 0.3) is 0 Å². The summed E-state index contributed by atoms with van der Waals surface area (Å²) in [6.45, 7) is 9.38. The number of aromatic nitrogens is 2. The molecule has 0 amide bonds. The molecule has 1 atom stereocenters. The molecule has 3 rings (SSSR count). The van der Waals surface area contributed by atoms with Crippen LogP contribution in [0.15, 0.2) is 24.3 Å². The minimum absolute atomic E-state index is 0.635. The first-order valence-electron chi connectivity index (χ1n) is 7.52. The van der Waals surface area contributed by atoms with Gasteiger partial charge in [0.2, 0.25) is 0 Å². The van der Waals surface area contributed by atoms with Crippen LogP contribution in [0.5, 0.6) is 0 Å². The molecule has 0 saturated heterocycles. The summed E-state index contributed by atoms with van der Waals surface area (Å²) in [6.07, 6.45) is 1.19. The Bertz CT molecular complexity index is 613. The topological polar surface area (TPSA) is 29.9 Å². The largest absolute Gasteiger partial charge is 0.313 e. The third-order valence-electron chi connectivity index (χ3n) is 4.44. The molecular weight excluding hydrogens is 246 g/mol. The predicted molar refractivity (Wildman–Crippen MR) is 82.0 cm³/mol. The van der Waals surface area contributed by atoms with Gasteiger partial charge in [-0.3, -0.25) is 4.68 Å². The van der Waals surface area contributed by atoms with Crippen molar-refractivity contribution in [3.05, 3.63) is 52.3 Å². The second-order valence-electron chi connectivity index (χ2n) is 5.71. The Morgan fingerprint density at radius 1 is 1.30 bits per heavy atom. The Labute approximate surface area is 121 Å². The summed E-state index contributed by atoms with van der Waals surface area (Å²) in [5.41, 5.74) is 6.85. The van der Waals surface area contributed by atoms with Gasteiger partial charge in [-0.2, -0.15) is 5.10 Å². The maximum Gasteiger partial charge on any atom is 0.0641 e. The SMILES string of the molecule is CCNCc1c(C)nn(CC2Cc3ccccc32)c1C. The zero-order valence-electron chi connectivity index (χ0n) is 12.6. The maximum absolute atomic E-state index is 4.73. The predicted octanol–water partition coefficient (Wildman–Crippen LogP) is 2.95. The van der Waals surface area contributed by atoms with Crippen molar-refractivity contribution in [3.63, 3.8) is 0 Å². The van der Waals surface area contributed by atoms with E-state index in [-0.39, 0.29) is 0 Å². The van der Waals surface area contributed by atoms with Gasteiger partial charge < -0.3 is 5.32 Å². The van der Waals surface area contributed by atoms with Crippen molar-refractivity contribution in [3.8, 4) is 0 Å². The lowest BCUT2D eigenvalue weighted by atomic mass is 9.77. The van der Waals surface area contributed by atoms with E-state index in [2.05, 4.69) is 55.0 Å². The summed E-state index contributed by atoms with van der Waals surface area (Å²) in [5, 5.41) is 8.14. The molecule has 0 bridgehead atoms. The average molecular weight is 269 g/mol. The van der Waals surface area contributed by atoms with Crippen LogP contribution in [-0.4, -0.2) is 16.3 Å². The molecule has 20 heavy (non-hydrogen) atoms. The van der Waals surface area contributed by atoms with Crippen LogP contribution in [0.1, 0.15) is 40.9 Å². The van der Waals surface area contributed by atoms with E-state index in [0.29, 0.717) is 5.92 Å². The van der Waals surface area contributed by atoms with Gasteiger partial charge in [-0.05, 0) is 37.9 Å². The highest BCUT2D eigenvalue weighted by atomic mass is 15.3. The Morgan fingerprint density at radius 3 is 2.85 bits per heavy atom. The van der Waals surface area contributed by atoms with Gasteiger partial charge in [0.05, 0.1) is 5.69 Å². The van der Waals surface area contributed by atoms with Crippen molar-refractivity contribution >= 4 is 0 Å². The van der Waals surface area contributed by atoms with E-state index >= 15 is 0 Å². The standard InChI is InChI=1S/C17H23N3/c1-4-18-10-17-12(2)19-20(13(17)3)11-15-9-14-7-5-6-8-16(14)15/h5-8,15,18H,4,9-11H2,1-3H3. The summed E-state index contributed by atoms with van der Waals surface area (Å²) in [7, 11) is 0. The quantitative estimate of drug-likeness (QED) is 0.904. The third-order valence-corrected chi connectivity index (χ3v) is 4.44. The van der Waals surface area contributed by atoms with Crippen molar-refractivity contribution in [1.29, 1.82) is 0 Å². The first kappa shape index (κ1) is 13.4. The van der Waals surface area contributed by atoms with E-state index in [9.17, 15) is 0 Å². The lowest BCUT2D eigenvalue weighted by Gasteiger charge is -2.30. The van der Waals surface area contributed by atoms with Gasteiger partial charge in [0.25, 0.3) is 0 Å². The normalized spacial score (nSPS) is 16.9. The van der Waals surface area contributed by atoms with Gasteiger partial charge in [-0.25, -0.2) is 0 Å².